The Morgan fingerprint density at radius 3 is 2.72 bits per heavy atom. The average Bonchev–Trinajstić information content (AvgIpc) is 3.73. The van der Waals surface area contributed by atoms with Crippen LogP contribution >= 0.6 is 45.9 Å². The topological polar surface area (TPSA) is 99.7 Å². The molecular weight excluding hydrogens is 579 g/mol. The van der Waals surface area contributed by atoms with E-state index in [9.17, 15) is 9.59 Å². The molecule has 0 aliphatic carbocycles. The SMILES string of the molecule is CCOC(=O)C1CCN(c2ncc(C(=O)Nc3nc(-c4cc(Cl)cs4)c(N4CC5CC4CN5)s3)cc2Cl)CC1. The molecule has 39 heavy (non-hydrogen) atoms. The minimum atomic E-state index is -0.322. The minimum Gasteiger partial charge on any atom is -0.466 e. The summed E-state index contributed by atoms with van der Waals surface area (Å²) < 4.78 is 5.16. The van der Waals surface area contributed by atoms with Gasteiger partial charge in [-0.05, 0) is 38.3 Å². The fraction of sp³-hybridized carbons (Fsp3) is 0.462. The van der Waals surface area contributed by atoms with Crippen molar-refractivity contribution < 1.29 is 14.3 Å². The summed E-state index contributed by atoms with van der Waals surface area (Å²) in [6, 6.07) is 4.46. The molecule has 2 unspecified atom stereocenters. The molecule has 3 aromatic rings. The third kappa shape index (κ3) is 5.47. The summed E-state index contributed by atoms with van der Waals surface area (Å²) >= 11 is 15.8. The summed E-state index contributed by atoms with van der Waals surface area (Å²) in [6.45, 7) is 5.37. The monoisotopic (exact) mass is 606 g/mol. The number of amides is 1. The van der Waals surface area contributed by atoms with E-state index in [1.807, 2.05) is 23.3 Å². The third-order valence-corrected chi connectivity index (χ3v) is 10.0. The maximum Gasteiger partial charge on any atom is 0.309 e. The number of halogens is 2. The molecule has 0 saturated carbocycles. The van der Waals surface area contributed by atoms with Gasteiger partial charge in [-0.15, -0.1) is 11.3 Å². The van der Waals surface area contributed by atoms with Crippen LogP contribution in [0, 0.1) is 5.92 Å². The largest absolute Gasteiger partial charge is 0.466 e. The van der Waals surface area contributed by atoms with Gasteiger partial charge in [0, 0.05) is 49.8 Å². The molecule has 3 aliphatic heterocycles. The Hall–Kier alpha value is -2.44. The fourth-order valence-electron chi connectivity index (χ4n) is 5.51. The van der Waals surface area contributed by atoms with E-state index in [0.29, 0.717) is 71.2 Å². The van der Waals surface area contributed by atoms with E-state index in [-0.39, 0.29) is 17.8 Å². The number of rotatable bonds is 7. The van der Waals surface area contributed by atoms with Gasteiger partial charge in [0.25, 0.3) is 5.91 Å². The van der Waals surface area contributed by atoms with Gasteiger partial charge in [-0.3, -0.25) is 14.9 Å². The van der Waals surface area contributed by atoms with Crippen LogP contribution in [0.3, 0.4) is 0 Å². The zero-order chi connectivity index (χ0) is 27.1. The van der Waals surface area contributed by atoms with Crippen molar-refractivity contribution in [2.45, 2.75) is 38.3 Å². The van der Waals surface area contributed by atoms with E-state index in [1.165, 1.54) is 17.5 Å². The number of carbonyl (C=O) groups is 2. The maximum atomic E-state index is 13.2. The van der Waals surface area contributed by atoms with E-state index in [2.05, 4.69) is 20.5 Å². The first-order valence-corrected chi connectivity index (χ1v) is 15.5. The quantitative estimate of drug-likeness (QED) is 0.356. The summed E-state index contributed by atoms with van der Waals surface area (Å²) in [6.07, 6.45) is 4.00. The van der Waals surface area contributed by atoms with Gasteiger partial charge in [-0.1, -0.05) is 34.5 Å². The zero-order valence-corrected chi connectivity index (χ0v) is 24.4. The lowest BCUT2D eigenvalue weighted by Gasteiger charge is -2.32. The average molecular weight is 608 g/mol. The molecule has 6 rings (SSSR count). The number of thiazole rings is 1. The van der Waals surface area contributed by atoms with Crippen molar-refractivity contribution in [1.82, 2.24) is 15.3 Å². The van der Waals surface area contributed by atoms with Crippen LogP contribution in [0.25, 0.3) is 10.6 Å². The smallest absolute Gasteiger partial charge is 0.309 e. The van der Waals surface area contributed by atoms with Crippen molar-refractivity contribution in [3.05, 3.63) is 39.3 Å². The van der Waals surface area contributed by atoms with Crippen molar-refractivity contribution >= 4 is 73.7 Å². The zero-order valence-electron chi connectivity index (χ0n) is 21.3. The second kappa shape index (κ2) is 11.2. The van der Waals surface area contributed by atoms with Gasteiger partial charge in [0.2, 0.25) is 0 Å². The van der Waals surface area contributed by atoms with Gasteiger partial charge in [-0.25, -0.2) is 9.97 Å². The molecule has 1 amide bonds. The number of hydrogen-bond donors (Lipinski definition) is 2. The molecule has 13 heteroatoms. The lowest BCUT2D eigenvalue weighted by atomic mass is 9.97. The number of pyridine rings is 1. The lowest BCUT2D eigenvalue weighted by Crippen LogP contribution is -2.43. The number of ether oxygens (including phenoxy) is 1. The molecule has 2 atom stereocenters. The number of thiophene rings is 1. The van der Waals surface area contributed by atoms with Crippen LogP contribution in [0.4, 0.5) is 16.0 Å². The predicted molar refractivity (Wildman–Crippen MR) is 157 cm³/mol. The normalized spacial score (nSPS) is 21.0. The molecule has 3 fully saturated rings. The standard InChI is InChI=1S/C26H28Cl2N6O3S2/c1-2-37-25(36)14-3-5-33(6-4-14)22-19(28)7-15(10-30-22)23(35)32-26-31-21(20-8-16(27)13-38-20)24(39-26)34-12-17-9-18(34)11-29-17/h7-8,10,13-14,17-18,29H,2-6,9,11-12H2,1H3,(H,31,32,35). The maximum absolute atomic E-state index is 13.2. The molecule has 2 bridgehead atoms. The number of aromatic nitrogens is 2. The number of nitrogens with one attached hydrogen (secondary N) is 2. The van der Waals surface area contributed by atoms with Crippen LogP contribution in [0.5, 0.6) is 0 Å². The van der Waals surface area contributed by atoms with Crippen LogP contribution in [-0.2, 0) is 9.53 Å². The number of anilines is 3. The highest BCUT2D eigenvalue weighted by atomic mass is 35.5. The minimum absolute atomic E-state index is 0.102. The van der Waals surface area contributed by atoms with Gasteiger partial charge >= 0.3 is 5.97 Å². The van der Waals surface area contributed by atoms with Crippen molar-refractivity contribution in [3.63, 3.8) is 0 Å². The highest BCUT2D eigenvalue weighted by Gasteiger charge is 2.40. The van der Waals surface area contributed by atoms with Gasteiger partial charge in [0.05, 0.1) is 33.0 Å². The second-order valence-electron chi connectivity index (χ2n) is 9.95. The van der Waals surface area contributed by atoms with Crippen LogP contribution in [-0.4, -0.2) is 66.7 Å². The third-order valence-electron chi connectivity index (χ3n) is 7.45. The number of carbonyl (C=O) groups excluding carboxylic acids is 2. The first kappa shape index (κ1) is 26.8. The molecular formula is C26H28Cl2N6O3S2. The van der Waals surface area contributed by atoms with Gasteiger partial charge in [-0.2, -0.15) is 0 Å². The number of piperazine rings is 1. The Morgan fingerprint density at radius 1 is 1.26 bits per heavy atom. The van der Waals surface area contributed by atoms with Crippen molar-refractivity contribution in [2.24, 2.45) is 5.92 Å². The van der Waals surface area contributed by atoms with Crippen LogP contribution < -0.4 is 20.4 Å². The number of piperidine rings is 1. The molecule has 2 N–H and O–H groups in total. The highest BCUT2D eigenvalue weighted by Crippen LogP contribution is 2.45. The fourth-order valence-corrected chi connectivity index (χ4v) is 7.98. The molecule has 9 nitrogen and oxygen atoms in total. The number of nitrogens with zero attached hydrogens (tertiary/aromatic N) is 4. The van der Waals surface area contributed by atoms with E-state index in [4.69, 9.17) is 32.9 Å². The summed E-state index contributed by atoms with van der Waals surface area (Å²) in [5.41, 5.74) is 1.20. The molecule has 206 valence electrons. The molecule has 0 spiro atoms. The Labute approximate surface area is 244 Å². The molecule has 3 aliphatic rings. The second-order valence-corrected chi connectivity index (χ2v) is 12.7. The first-order valence-electron chi connectivity index (χ1n) is 13.0. The van der Waals surface area contributed by atoms with Crippen LogP contribution in [0.1, 0.15) is 36.5 Å². The highest BCUT2D eigenvalue weighted by molar-refractivity contribution is 7.21. The van der Waals surface area contributed by atoms with Gasteiger partial charge < -0.3 is 19.9 Å². The molecule has 3 saturated heterocycles. The predicted octanol–water partition coefficient (Wildman–Crippen LogP) is 5.16. The van der Waals surface area contributed by atoms with Crippen LogP contribution in [0.2, 0.25) is 10.0 Å². The Balaban J connectivity index is 1.17. The van der Waals surface area contributed by atoms with Gasteiger partial charge in [0.15, 0.2) is 5.13 Å². The number of fused-ring (bicyclic) bond motifs is 2. The number of esters is 1. The Morgan fingerprint density at radius 2 is 2.08 bits per heavy atom. The number of hydrogen-bond acceptors (Lipinski definition) is 10. The summed E-state index contributed by atoms with van der Waals surface area (Å²) in [5, 5.41) is 11.0. The first-order chi connectivity index (χ1) is 18.9. The van der Waals surface area contributed by atoms with E-state index in [0.717, 1.165) is 35.1 Å². The van der Waals surface area contributed by atoms with Crippen molar-refractivity contribution in [2.75, 3.05) is 47.9 Å². The van der Waals surface area contributed by atoms with Crippen molar-refractivity contribution in [3.8, 4) is 10.6 Å². The Kier molecular flexibility index (Phi) is 7.69. The van der Waals surface area contributed by atoms with E-state index < -0.39 is 0 Å². The molecule has 6 heterocycles. The summed E-state index contributed by atoms with van der Waals surface area (Å²) in [5.74, 6) is 0.0439. The van der Waals surface area contributed by atoms with Crippen molar-refractivity contribution in [1.29, 1.82) is 0 Å². The molecule has 0 aromatic carbocycles. The summed E-state index contributed by atoms with van der Waals surface area (Å²) in [7, 11) is 0. The van der Waals surface area contributed by atoms with Gasteiger partial charge in [0.1, 0.15) is 16.5 Å². The van der Waals surface area contributed by atoms with E-state index in [1.54, 1.807) is 17.4 Å². The summed E-state index contributed by atoms with van der Waals surface area (Å²) in [4.78, 5) is 40.0. The molecule has 3 aromatic heterocycles. The van der Waals surface area contributed by atoms with E-state index >= 15 is 0 Å². The molecule has 0 radical (unpaired) electrons. The van der Waals surface area contributed by atoms with Crippen LogP contribution in [0.15, 0.2) is 23.7 Å². The lowest BCUT2D eigenvalue weighted by molar-refractivity contribution is -0.148. The Bertz CT molecular complexity index is 1390.